The molecule has 2 aromatic carbocycles. The van der Waals surface area contributed by atoms with Crippen LogP contribution in [0.15, 0.2) is 48.2 Å². The van der Waals surface area contributed by atoms with E-state index in [1.54, 1.807) is 26.0 Å². The van der Waals surface area contributed by atoms with Gasteiger partial charge in [0.15, 0.2) is 0 Å². The van der Waals surface area contributed by atoms with Crippen LogP contribution < -0.4 is 0 Å². The molecular weight excluding hydrogens is 296 g/mol. The Kier molecular flexibility index (Phi) is 5.36. The SMILES string of the molecule is CCOC(=O)/C(O)=C(/C(=O)OCC)c1cccc2ccccc12. The fourth-order valence-electron chi connectivity index (χ4n) is 2.28. The molecule has 0 aromatic heterocycles. The zero-order valence-corrected chi connectivity index (χ0v) is 13.0. The van der Waals surface area contributed by atoms with E-state index in [1.807, 2.05) is 30.3 Å². The van der Waals surface area contributed by atoms with Crippen molar-refractivity contribution in [2.45, 2.75) is 13.8 Å². The third kappa shape index (κ3) is 3.51. The molecule has 0 bridgehead atoms. The highest BCUT2D eigenvalue weighted by Crippen LogP contribution is 2.28. The van der Waals surface area contributed by atoms with Crippen LogP contribution in [0.25, 0.3) is 16.3 Å². The largest absolute Gasteiger partial charge is 0.501 e. The van der Waals surface area contributed by atoms with E-state index in [0.29, 0.717) is 5.56 Å². The third-order valence-corrected chi connectivity index (χ3v) is 3.24. The Balaban J connectivity index is 2.68. The Morgan fingerprint density at radius 1 is 0.913 bits per heavy atom. The first-order valence-electron chi connectivity index (χ1n) is 7.35. The lowest BCUT2D eigenvalue weighted by molar-refractivity contribution is -0.142. The molecule has 0 saturated heterocycles. The molecule has 5 nitrogen and oxygen atoms in total. The predicted molar refractivity (Wildman–Crippen MR) is 86.8 cm³/mol. The van der Waals surface area contributed by atoms with E-state index in [1.165, 1.54) is 0 Å². The van der Waals surface area contributed by atoms with Crippen LogP contribution in [0.1, 0.15) is 19.4 Å². The monoisotopic (exact) mass is 314 g/mol. The first kappa shape index (κ1) is 16.5. The van der Waals surface area contributed by atoms with Gasteiger partial charge in [-0.15, -0.1) is 0 Å². The van der Waals surface area contributed by atoms with Gasteiger partial charge >= 0.3 is 11.9 Å². The van der Waals surface area contributed by atoms with Crippen LogP contribution in [0.5, 0.6) is 0 Å². The highest BCUT2D eigenvalue weighted by Gasteiger charge is 2.25. The molecule has 0 spiro atoms. The van der Waals surface area contributed by atoms with Gasteiger partial charge in [0.05, 0.1) is 13.2 Å². The zero-order valence-electron chi connectivity index (χ0n) is 13.0. The highest BCUT2D eigenvalue weighted by molar-refractivity contribution is 6.24. The van der Waals surface area contributed by atoms with Crippen molar-refractivity contribution in [3.63, 3.8) is 0 Å². The van der Waals surface area contributed by atoms with Gasteiger partial charge in [-0.2, -0.15) is 0 Å². The summed E-state index contributed by atoms with van der Waals surface area (Å²) in [6.07, 6.45) is 0. The lowest BCUT2D eigenvalue weighted by Gasteiger charge is -2.12. The summed E-state index contributed by atoms with van der Waals surface area (Å²) in [6, 6.07) is 12.6. The summed E-state index contributed by atoms with van der Waals surface area (Å²) in [4.78, 5) is 24.2. The first-order chi connectivity index (χ1) is 11.1. The maximum atomic E-state index is 12.3. The molecule has 23 heavy (non-hydrogen) atoms. The van der Waals surface area contributed by atoms with Gasteiger partial charge in [-0.05, 0) is 24.6 Å². The average Bonchev–Trinajstić information content (AvgIpc) is 2.55. The molecule has 0 saturated carbocycles. The molecule has 0 aliphatic heterocycles. The van der Waals surface area contributed by atoms with Crippen molar-refractivity contribution in [1.82, 2.24) is 0 Å². The molecule has 5 heteroatoms. The van der Waals surface area contributed by atoms with Crippen LogP contribution in [-0.2, 0) is 19.1 Å². The van der Waals surface area contributed by atoms with Gasteiger partial charge in [-0.1, -0.05) is 42.5 Å². The summed E-state index contributed by atoms with van der Waals surface area (Å²) in [5.74, 6) is -2.47. The lowest BCUT2D eigenvalue weighted by atomic mass is 9.97. The molecule has 120 valence electrons. The fraction of sp³-hybridized carbons (Fsp3) is 0.222. The smallest absolute Gasteiger partial charge is 0.374 e. The van der Waals surface area contributed by atoms with Crippen molar-refractivity contribution in [2.24, 2.45) is 0 Å². The third-order valence-electron chi connectivity index (χ3n) is 3.24. The summed E-state index contributed by atoms with van der Waals surface area (Å²) in [6.45, 7) is 3.49. The summed E-state index contributed by atoms with van der Waals surface area (Å²) >= 11 is 0. The predicted octanol–water partition coefficient (Wildman–Crippen LogP) is 3.24. The molecule has 0 unspecified atom stereocenters. The molecule has 2 aromatic rings. The molecule has 0 aliphatic rings. The van der Waals surface area contributed by atoms with E-state index >= 15 is 0 Å². The standard InChI is InChI=1S/C18H18O5/c1-3-22-17(20)15(16(19)18(21)23-4-2)14-11-7-9-12-8-5-6-10-13(12)14/h5-11,19H,3-4H2,1-2H3/b16-15-. The topological polar surface area (TPSA) is 72.8 Å². The minimum absolute atomic E-state index is 0.0918. The van der Waals surface area contributed by atoms with Crippen molar-refractivity contribution in [1.29, 1.82) is 0 Å². The van der Waals surface area contributed by atoms with E-state index in [4.69, 9.17) is 9.47 Å². The number of benzene rings is 2. The van der Waals surface area contributed by atoms with Crippen LogP contribution in [0.4, 0.5) is 0 Å². The second-order valence-corrected chi connectivity index (χ2v) is 4.69. The minimum atomic E-state index is -0.955. The second kappa shape index (κ2) is 7.45. The van der Waals surface area contributed by atoms with Crippen molar-refractivity contribution in [3.8, 4) is 0 Å². The van der Waals surface area contributed by atoms with Gasteiger partial charge in [0.2, 0.25) is 5.76 Å². The average molecular weight is 314 g/mol. The van der Waals surface area contributed by atoms with Gasteiger partial charge in [-0.25, -0.2) is 9.59 Å². The van der Waals surface area contributed by atoms with Crippen molar-refractivity contribution in [3.05, 3.63) is 53.8 Å². The molecule has 0 radical (unpaired) electrons. The maximum absolute atomic E-state index is 12.3. The maximum Gasteiger partial charge on any atom is 0.374 e. The Hall–Kier alpha value is -2.82. The summed E-state index contributed by atoms with van der Waals surface area (Å²) in [5.41, 5.74) is 0.231. The van der Waals surface area contributed by atoms with E-state index in [2.05, 4.69) is 0 Å². The van der Waals surface area contributed by atoms with Crippen LogP contribution >= 0.6 is 0 Å². The molecule has 0 aliphatic carbocycles. The normalized spacial score (nSPS) is 11.7. The Labute approximate surface area is 134 Å². The van der Waals surface area contributed by atoms with Crippen LogP contribution in [0, 0.1) is 0 Å². The van der Waals surface area contributed by atoms with Crippen LogP contribution in [0.2, 0.25) is 0 Å². The van der Waals surface area contributed by atoms with Crippen molar-refractivity contribution in [2.75, 3.05) is 13.2 Å². The number of hydrogen-bond donors (Lipinski definition) is 1. The number of hydrogen-bond acceptors (Lipinski definition) is 5. The first-order valence-corrected chi connectivity index (χ1v) is 7.35. The number of aliphatic hydroxyl groups excluding tert-OH is 1. The Morgan fingerprint density at radius 3 is 2.22 bits per heavy atom. The number of ether oxygens (including phenoxy) is 2. The van der Waals surface area contributed by atoms with Gasteiger partial charge in [0.1, 0.15) is 5.57 Å². The van der Waals surface area contributed by atoms with E-state index < -0.39 is 17.7 Å². The molecular formula is C18H18O5. The molecule has 0 amide bonds. The summed E-state index contributed by atoms with van der Waals surface area (Å²) in [7, 11) is 0. The van der Waals surface area contributed by atoms with E-state index in [-0.39, 0.29) is 18.8 Å². The van der Waals surface area contributed by atoms with Crippen molar-refractivity contribution < 1.29 is 24.2 Å². The fourth-order valence-corrected chi connectivity index (χ4v) is 2.28. The van der Waals surface area contributed by atoms with E-state index in [9.17, 15) is 14.7 Å². The van der Waals surface area contributed by atoms with Crippen LogP contribution in [0.3, 0.4) is 0 Å². The van der Waals surface area contributed by atoms with Gasteiger partial charge in [0, 0.05) is 5.56 Å². The second-order valence-electron chi connectivity index (χ2n) is 4.69. The molecule has 0 heterocycles. The number of fused-ring (bicyclic) bond motifs is 1. The summed E-state index contributed by atoms with van der Waals surface area (Å²) in [5, 5.41) is 11.8. The molecule has 0 atom stereocenters. The van der Waals surface area contributed by atoms with Crippen molar-refractivity contribution >= 4 is 28.3 Å². The molecule has 0 fully saturated rings. The molecule has 2 rings (SSSR count). The Morgan fingerprint density at radius 2 is 1.52 bits per heavy atom. The van der Waals surface area contributed by atoms with E-state index in [0.717, 1.165) is 10.8 Å². The zero-order chi connectivity index (χ0) is 16.8. The van der Waals surface area contributed by atoms with Gasteiger partial charge in [-0.3, -0.25) is 0 Å². The van der Waals surface area contributed by atoms with Gasteiger partial charge < -0.3 is 14.6 Å². The quantitative estimate of drug-likeness (QED) is 0.521. The van der Waals surface area contributed by atoms with Crippen LogP contribution in [-0.4, -0.2) is 30.3 Å². The number of carbonyl (C=O) groups is 2. The Bertz CT molecular complexity index is 756. The summed E-state index contributed by atoms with van der Waals surface area (Å²) < 4.78 is 9.78. The highest BCUT2D eigenvalue weighted by atomic mass is 16.5. The number of esters is 2. The number of aliphatic hydroxyl groups is 1. The lowest BCUT2D eigenvalue weighted by Crippen LogP contribution is -2.16. The van der Waals surface area contributed by atoms with Gasteiger partial charge in [0.25, 0.3) is 0 Å². The number of carbonyl (C=O) groups excluding carboxylic acids is 2. The number of rotatable bonds is 5. The minimum Gasteiger partial charge on any atom is -0.501 e. The molecule has 1 N–H and O–H groups in total.